The molecule has 1 saturated heterocycles. The molecule has 1 amide bonds. The molecule has 0 saturated carbocycles. The average molecular weight is 377 g/mol. The number of benzene rings is 1. The largest absolute Gasteiger partial charge is 0.299 e. The highest BCUT2D eigenvalue weighted by atomic mass is 32.2. The number of carbonyl (C=O) groups is 1. The summed E-state index contributed by atoms with van der Waals surface area (Å²) in [5.74, 6) is 1.59. The molecule has 3 rings (SSSR count). The predicted molar refractivity (Wildman–Crippen MR) is 104 cm³/mol. The first-order valence-corrected chi connectivity index (χ1v) is 10.5. The number of thioether (sulfide) groups is 1. The third kappa shape index (κ3) is 5.26. The van der Waals surface area contributed by atoms with E-state index < -0.39 is 0 Å². The number of hydrogen-bond donors (Lipinski definition) is 1. The monoisotopic (exact) mass is 376 g/mol. The summed E-state index contributed by atoms with van der Waals surface area (Å²) in [6, 6.07) is 7.88. The molecule has 1 aromatic heterocycles. The molecule has 1 aliphatic rings. The third-order valence-electron chi connectivity index (χ3n) is 4.26. The highest BCUT2D eigenvalue weighted by molar-refractivity contribution is 8.01. The van der Waals surface area contributed by atoms with Crippen LogP contribution < -0.4 is 5.32 Å². The van der Waals surface area contributed by atoms with Gasteiger partial charge < -0.3 is 0 Å². The van der Waals surface area contributed by atoms with Crippen LogP contribution in [0.5, 0.6) is 0 Å². The number of anilines is 1. The van der Waals surface area contributed by atoms with E-state index >= 15 is 0 Å². The van der Waals surface area contributed by atoms with Crippen molar-refractivity contribution in [3.8, 4) is 0 Å². The standard InChI is InChI=1S/C18H24N4OS2/c1-3-24-18-21-20-17(25-18)19-16(23)15-8-6-14(7-9-15)12-22-10-4-5-13(2)11-22/h6-9,13H,3-5,10-12H2,1-2H3,(H,19,20,23). The second-order valence-electron chi connectivity index (χ2n) is 6.44. The second-order valence-corrected chi connectivity index (χ2v) is 8.93. The maximum absolute atomic E-state index is 12.3. The molecule has 25 heavy (non-hydrogen) atoms. The average Bonchev–Trinajstić information content (AvgIpc) is 3.03. The van der Waals surface area contributed by atoms with Crippen LogP contribution in [0.2, 0.25) is 0 Å². The molecule has 7 heteroatoms. The Bertz CT molecular complexity index is 701. The van der Waals surface area contributed by atoms with Crippen LogP contribution >= 0.6 is 23.1 Å². The summed E-state index contributed by atoms with van der Waals surface area (Å²) in [5.41, 5.74) is 1.90. The lowest BCUT2D eigenvalue weighted by Crippen LogP contribution is -2.33. The van der Waals surface area contributed by atoms with Gasteiger partial charge in [0.1, 0.15) is 0 Å². The normalized spacial score (nSPS) is 18.2. The molecule has 2 heterocycles. The molecule has 5 nitrogen and oxygen atoms in total. The smallest absolute Gasteiger partial charge is 0.257 e. The molecule has 1 atom stereocenters. The van der Waals surface area contributed by atoms with Gasteiger partial charge in [0.25, 0.3) is 5.91 Å². The summed E-state index contributed by atoms with van der Waals surface area (Å²) >= 11 is 3.04. The molecule has 1 aliphatic heterocycles. The third-order valence-corrected chi connectivity index (χ3v) is 6.11. The van der Waals surface area contributed by atoms with Gasteiger partial charge in [-0.1, -0.05) is 49.1 Å². The van der Waals surface area contributed by atoms with Gasteiger partial charge in [-0.3, -0.25) is 15.0 Å². The maximum atomic E-state index is 12.3. The van der Waals surface area contributed by atoms with Crippen LogP contribution in [-0.2, 0) is 6.54 Å². The Kier molecular flexibility index (Phi) is 6.45. The van der Waals surface area contributed by atoms with Gasteiger partial charge in [0.2, 0.25) is 5.13 Å². The van der Waals surface area contributed by atoms with E-state index in [1.54, 1.807) is 11.8 Å². The second kappa shape index (κ2) is 8.78. The molecular formula is C18H24N4OS2. The van der Waals surface area contributed by atoms with Gasteiger partial charge in [-0.2, -0.15) is 0 Å². The van der Waals surface area contributed by atoms with Crippen molar-refractivity contribution in [3.63, 3.8) is 0 Å². The number of carbonyl (C=O) groups excluding carboxylic acids is 1. The quantitative estimate of drug-likeness (QED) is 0.607. The minimum Gasteiger partial charge on any atom is -0.299 e. The number of nitrogens with one attached hydrogen (secondary N) is 1. The minimum absolute atomic E-state index is 0.137. The van der Waals surface area contributed by atoms with Crippen molar-refractivity contribution in [1.82, 2.24) is 15.1 Å². The van der Waals surface area contributed by atoms with Crippen LogP contribution in [0.3, 0.4) is 0 Å². The first-order chi connectivity index (χ1) is 12.1. The maximum Gasteiger partial charge on any atom is 0.257 e. The van der Waals surface area contributed by atoms with E-state index in [0.29, 0.717) is 10.7 Å². The topological polar surface area (TPSA) is 58.1 Å². The van der Waals surface area contributed by atoms with Crippen molar-refractivity contribution >= 4 is 34.1 Å². The summed E-state index contributed by atoms with van der Waals surface area (Å²) in [6.45, 7) is 7.67. The SMILES string of the molecule is CCSc1nnc(NC(=O)c2ccc(CN3CCCC(C)C3)cc2)s1. The molecule has 1 aromatic carbocycles. The number of hydrogen-bond acceptors (Lipinski definition) is 6. The first-order valence-electron chi connectivity index (χ1n) is 8.73. The number of likely N-dealkylation sites (tertiary alicyclic amines) is 1. The molecule has 1 unspecified atom stereocenters. The molecule has 1 N–H and O–H groups in total. The number of nitrogens with zero attached hydrogens (tertiary/aromatic N) is 3. The van der Waals surface area contributed by atoms with E-state index in [2.05, 4.69) is 34.3 Å². The van der Waals surface area contributed by atoms with Crippen molar-refractivity contribution in [2.75, 3.05) is 24.2 Å². The van der Waals surface area contributed by atoms with E-state index in [1.165, 1.54) is 36.3 Å². The fourth-order valence-corrected chi connectivity index (χ4v) is 4.71. The Labute approximate surface area is 157 Å². The van der Waals surface area contributed by atoms with Crippen molar-refractivity contribution < 1.29 is 4.79 Å². The predicted octanol–water partition coefficient (Wildman–Crippen LogP) is 4.13. The van der Waals surface area contributed by atoms with E-state index in [1.807, 2.05) is 24.3 Å². The fourth-order valence-electron chi connectivity index (χ4n) is 3.06. The molecule has 134 valence electrons. The lowest BCUT2D eigenvalue weighted by molar-refractivity contribution is 0.102. The van der Waals surface area contributed by atoms with Crippen LogP contribution in [0.1, 0.15) is 42.6 Å². The molecule has 0 radical (unpaired) electrons. The minimum atomic E-state index is -0.137. The van der Waals surface area contributed by atoms with Crippen LogP contribution in [-0.4, -0.2) is 39.8 Å². The van der Waals surface area contributed by atoms with E-state index in [-0.39, 0.29) is 5.91 Å². The first kappa shape index (κ1) is 18.4. The highest BCUT2D eigenvalue weighted by Gasteiger charge is 2.16. The van der Waals surface area contributed by atoms with Gasteiger partial charge in [-0.05, 0) is 48.8 Å². The summed E-state index contributed by atoms with van der Waals surface area (Å²) in [7, 11) is 0. The van der Waals surface area contributed by atoms with E-state index in [4.69, 9.17) is 0 Å². The number of aromatic nitrogens is 2. The van der Waals surface area contributed by atoms with Gasteiger partial charge in [0, 0.05) is 18.7 Å². The van der Waals surface area contributed by atoms with Crippen LogP contribution in [0, 0.1) is 5.92 Å². The Morgan fingerprint density at radius 2 is 2.16 bits per heavy atom. The fraction of sp³-hybridized carbons (Fsp3) is 0.500. The zero-order valence-electron chi connectivity index (χ0n) is 14.7. The van der Waals surface area contributed by atoms with E-state index in [9.17, 15) is 4.79 Å². The van der Waals surface area contributed by atoms with Crippen molar-refractivity contribution in [2.45, 2.75) is 37.6 Å². The van der Waals surface area contributed by atoms with Crippen LogP contribution in [0.25, 0.3) is 0 Å². The van der Waals surface area contributed by atoms with Gasteiger partial charge >= 0.3 is 0 Å². The highest BCUT2D eigenvalue weighted by Crippen LogP contribution is 2.25. The lowest BCUT2D eigenvalue weighted by Gasteiger charge is -2.30. The summed E-state index contributed by atoms with van der Waals surface area (Å²) in [4.78, 5) is 14.8. The summed E-state index contributed by atoms with van der Waals surface area (Å²) in [5, 5.41) is 11.4. The molecular weight excluding hydrogens is 352 g/mol. The van der Waals surface area contributed by atoms with Crippen molar-refractivity contribution in [3.05, 3.63) is 35.4 Å². The Morgan fingerprint density at radius 3 is 2.88 bits per heavy atom. The Hall–Kier alpha value is -1.44. The molecule has 0 spiro atoms. The van der Waals surface area contributed by atoms with Gasteiger partial charge in [-0.25, -0.2) is 0 Å². The van der Waals surface area contributed by atoms with Crippen LogP contribution in [0.15, 0.2) is 28.6 Å². The van der Waals surface area contributed by atoms with Crippen molar-refractivity contribution in [1.29, 1.82) is 0 Å². The van der Waals surface area contributed by atoms with E-state index in [0.717, 1.165) is 29.1 Å². The number of piperidine rings is 1. The summed E-state index contributed by atoms with van der Waals surface area (Å²) in [6.07, 6.45) is 2.61. The molecule has 1 fully saturated rings. The Morgan fingerprint density at radius 1 is 1.36 bits per heavy atom. The van der Waals surface area contributed by atoms with Gasteiger partial charge in [0.05, 0.1) is 0 Å². The van der Waals surface area contributed by atoms with Gasteiger partial charge in [0.15, 0.2) is 4.34 Å². The zero-order valence-corrected chi connectivity index (χ0v) is 16.3. The molecule has 0 bridgehead atoms. The number of rotatable bonds is 6. The molecule has 2 aromatic rings. The van der Waals surface area contributed by atoms with Gasteiger partial charge in [-0.15, -0.1) is 10.2 Å². The lowest BCUT2D eigenvalue weighted by atomic mass is 9.99. The number of amides is 1. The summed E-state index contributed by atoms with van der Waals surface area (Å²) < 4.78 is 0.879. The van der Waals surface area contributed by atoms with Crippen molar-refractivity contribution in [2.24, 2.45) is 5.92 Å². The molecule has 0 aliphatic carbocycles. The van der Waals surface area contributed by atoms with Crippen LogP contribution in [0.4, 0.5) is 5.13 Å². The Balaban J connectivity index is 1.56. The zero-order chi connectivity index (χ0) is 17.6.